The molecule has 94 valence electrons. The minimum Gasteiger partial charge on any atom is -0.316 e. The summed E-state index contributed by atoms with van der Waals surface area (Å²) < 4.78 is 0. The van der Waals surface area contributed by atoms with Gasteiger partial charge in [0, 0.05) is 13.1 Å². The molecule has 0 aromatic carbocycles. The fraction of sp³-hybridized carbons (Fsp3) is 1.00. The van der Waals surface area contributed by atoms with Gasteiger partial charge in [0.15, 0.2) is 0 Å². The van der Waals surface area contributed by atoms with Gasteiger partial charge in [-0.15, -0.1) is 0 Å². The Morgan fingerprint density at radius 1 is 1.12 bits per heavy atom. The van der Waals surface area contributed by atoms with Gasteiger partial charge in [-0.25, -0.2) is 0 Å². The molecule has 2 heterocycles. The maximum absolute atomic E-state index is 3.52. The minimum atomic E-state index is 0.940. The fourth-order valence-corrected chi connectivity index (χ4v) is 2.86. The monoisotopic (exact) mass is 225 g/mol. The van der Waals surface area contributed by atoms with Crippen molar-refractivity contribution < 1.29 is 0 Å². The summed E-state index contributed by atoms with van der Waals surface area (Å²) in [5, 5.41) is 3.52. The third-order valence-electron chi connectivity index (χ3n) is 4.06. The molecular formula is C13H27N3. The molecule has 0 bridgehead atoms. The highest BCUT2D eigenvalue weighted by molar-refractivity contribution is 4.73. The number of nitrogens with zero attached hydrogens (tertiary/aromatic N) is 2. The lowest BCUT2D eigenvalue weighted by Crippen LogP contribution is -2.34. The van der Waals surface area contributed by atoms with Crippen molar-refractivity contribution in [2.75, 3.05) is 52.9 Å². The first-order valence-electron chi connectivity index (χ1n) is 6.96. The second-order valence-corrected chi connectivity index (χ2v) is 5.50. The van der Waals surface area contributed by atoms with Gasteiger partial charge in [0.2, 0.25) is 0 Å². The van der Waals surface area contributed by atoms with Crippen LogP contribution in [-0.2, 0) is 0 Å². The lowest BCUT2D eigenvalue weighted by atomic mass is 9.96. The third-order valence-corrected chi connectivity index (χ3v) is 4.06. The van der Waals surface area contributed by atoms with Crippen LogP contribution in [0.25, 0.3) is 0 Å². The first-order chi connectivity index (χ1) is 7.84. The van der Waals surface area contributed by atoms with E-state index in [0.29, 0.717) is 0 Å². The van der Waals surface area contributed by atoms with Crippen molar-refractivity contribution in [1.82, 2.24) is 15.1 Å². The fourth-order valence-electron chi connectivity index (χ4n) is 2.86. The van der Waals surface area contributed by atoms with E-state index in [1.165, 1.54) is 71.5 Å². The Labute approximate surface area is 100 Å². The van der Waals surface area contributed by atoms with Gasteiger partial charge in [-0.2, -0.15) is 0 Å². The van der Waals surface area contributed by atoms with Crippen molar-refractivity contribution in [1.29, 1.82) is 0 Å². The van der Waals surface area contributed by atoms with E-state index in [2.05, 4.69) is 22.2 Å². The molecule has 0 aromatic heterocycles. The van der Waals surface area contributed by atoms with Gasteiger partial charge in [-0.3, -0.25) is 0 Å². The van der Waals surface area contributed by atoms with E-state index >= 15 is 0 Å². The third kappa shape index (κ3) is 4.04. The summed E-state index contributed by atoms with van der Waals surface area (Å²) in [5.74, 6) is 0.940. The number of rotatable bonds is 3. The first kappa shape index (κ1) is 12.3. The highest BCUT2D eigenvalue weighted by Gasteiger charge is 2.16. The van der Waals surface area contributed by atoms with Gasteiger partial charge in [0.1, 0.15) is 0 Å². The maximum atomic E-state index is 3.52. The predicted octanol–water partition coefficient (Wildman–Crippen LogP) is 1.01. The van der Waals surface area contributed by atoms with Crippen LogP contribution in [0.2, 0.25) is 0 Å². The molecule has 0 unspecified atom stereocenters. The van der Waals surface area contributed by atoms with E-state index in [1.54, 1.807) is 0 Å². The second kappa shape index (κ2) is 6.58. The van der Waals surface area contributed by atoms with E-state index in [9.17, 15) is 0 Å². The summed E-state index contributed by atoms with van der Waals surface area (Å²) in [6, 6.07) is 0. The summed E-state index contributed by atoms with van der Waals surface area (Å²) >= 11 is 0. The van der Waals surface area contributed by atoms with Crippen LogP contribution in [0.1, 0.15) is 25.7 Å². The number of piperidine rings is 1. The summed E-state index contributed by atoms with van der Waals surface area (Å²) in [7, 11) is 2.24. The number of hydrogen-bond donors (Lipinski definition) is 1. The average Bonchev–Trinajstić information content (AvgIpc) is 2.53. The van der Waals surface area contributed by atoms with E-state index in [1.807, 2.05) is 0 Å². The van der Waals surface area contributed by atoms with Crippen LogP contribution in [0.15, 0.2) is 0 Å². The maximum Gasteiger partial charge on any atom is 0.0109 e. The molecule has 2 fully saturated rings. The van der Waals surface area contributed by atoms with Gasteiger partial charge in [-0.1, -0.05) is 0 Å². The Bertz CT molecular complexity index is 190. The molecule has 0 aliphatic carbocycles. The summed E-state index contributed by atoms with van der Waals surface area (Å²) in [4.78, 5) is 5.13. The molecule has 0 aromatic rings. The van der Waals surface area contributed by atoms with Gasteiger partial charge in [0.25, 0.3) is 0 Å². The molecule has 3 nitrogen and oxygen atoms in total. The molecule has 0 saturated carbocycles. The Kier molecular flexibility index (Phi) is 5.07. The summed E-state index contributed by atoms with van der Waals surface area (Å²) in [6.07, 6.45) is 5.57. The molecule has 2 rings (SSSR count). The van der Waals surface area contributed by atoms with E-state index in [0.717, 1.165) is 5.92 Å². The highest BCUT2D eigenvalue weighted by Crippen LogP contribution is 2.15. The minimum absolute atomic E-state index is 0.940. The van der Waals surface area contributed by atoms with Gasteiger partial charge in [-0.05, 0) is 71.4 Å². The van der Waals surface area contributed by atoms with Crippen LogP contribution in [0.4, 0.5) is 0 Å². The Balaban J connectivity index is 1.64. The van der Waals surface area contributed by atoms with E-state index < -0.39 is 0 Å². The topological polar surface area (TPSA) is 18.5 Å². The largest absolute Gasteiger partial charge is 0.316 e. The van der Waals surface area contributed by atoms with Crippen LogP contribution < -0.4 is 5.32 Å². The standard InChI is InChI=1S/C13H27N3/c1-15-7-3-8-16(11-10-15)9-5-13-4-2-6-14-12-13/h13-14H,2-12H2,1H3/t13-/m1/s1. The zero-order chi connectivity index (χ0) is 11.2. The number of likely N-dealkylation sites (N-methyl/N-ethyl adjacent to an activating group) is 1. The predicted molar refractivity (Wildman–Crippen MR) is 68.8 cm³/mol. The number of nitrogens with one attached hydrogen (secondary N) is 1. The molecule has 16 heavy (non-hydrogen) atoms. The SMILES string of the molecule is CN1CCCN(CC[C@H]2CCCNC2)CC1. The smallest absolute Gasteiger partial charge is 0.0109 e. The normalized spacial score (nSPS) is 30.2. The van der Waals surface area contributed by atoms with Crippen molar-refractivity contribution >= 4 is 0 Å². The van der Waals surface area contributed by atoms with Crippen LogP contribution in [-0.4, -0.2) is 62.7 Å². The van der Waals surface area contributed by atoms with Crippen LogP contribution in [0.5, 0.6) is 0 Å². The van der Waals surface area contributed by atoms with E-state index in [-0.39, 0.29) is 0 Å². The van der Waals surface area contributed by atoms with E-state index in [4.69, 9.17) is 0 Å². The summed E-state index contributed by atoms with van der Waals surface area (Å²) in [5.41, 5.74) is 0. The number of hydrogen-bond acceptors (Lipinski definition) is 3. The zero-order valence-corrected chi connectivity index (χ0v) is 10.7. The van der Waals surface area contributed by atoms with Crippen molar-refractivity contribution in [2.24, 2.45) is 5.92 Å². The van der Waals surface area contributed by atoms with Crippen LogP contribution in [0.3, 0.4) is 0 Å². The Hall–Kier alpha value is -0.120. The molecule has 2 saturated heterocycles. The van der Waals surface area contributed by atoms with Gasteiger partial charge < -0.3 is 15.1 Å². The Morgan fingerprint density at radius 3 is 2.88 bits per heavy atom. The molecule has 0 spiro atoms. The van der Waals surface area contributed by atoms with Gasteiger partial charge in [0.05, 0.1) is 0 Å². The van der Waals surface area contributed by atoms with Crippen molar-refractivity contribution in [2.45, 2.75) is 25.7 Å². The van der Waals surface area contributed by atoms with Crippen molar-refractivity contribution in [3.8, 4) is 0 Å². The summed E-state index contributed by atoms with van der Waals surface area (Å²) in [6.45, 7) is 8.93. The lowest BCUT2D eigenvalue weighted by molar-refractivity contribution is 0.241. The molecule has 2 aliphatic rings. The molecule has 2 aliphatic heterocycles. The second-order valence-electron chi connectivity index (χ2n) is 5.50. The van der Waals surface area contributed by atoms with Crippen molar-refractivity contribution in [3.05, 3.63) is 0 Å². The molecular weight excluding hydrogens is 198 g/mol. The molecule has 0 radical (unpaired) electrons. The highest BCUT2D eigenvalue weighted by atomic mass is 15.2. The molecule has 0 amide bonds. The Morgan fingerprint density at radius 2 is 2.06 bits per heavy atom. The molecule has 1 N–H and O–H groups in total. The van der Waals surface area contributed by atoms with Crippen LogP contribution in [0, 0.1) is 5.92 Å². The lowest BCUT2D eigenvalue weighted by Gasteiger charge is -2.26. The average molecular weight is 225 g/mol. The zero-order valence-electron chi connectivity index (χ0n) is 10.7. The molecule has 1 atom stereocenters. The first-order valence-corrected chi connectivity index (χ1v) is 6.96. The van der Waals surface area contributed by atoms with Crippen LogP contribution >= 0.6 is 0 Å². The quantitative estimate of drug-likeness (QED) is 0.773. The van der Waals surface area contributed by atoms with Gasteiger partial charge >= 0.3 is 0 Å². The molecule has 3 heteroatoms. The van der Waals surface area contributed by atoms with Crippen molar-refractivity contribution in [3.63, 3.8) is 0 Å².